The maximum atomic E-state index is 5.59. The van der Waals surface area contributed by atoms with Crippen molar-refractivity contribution < 1.29 is 0 Å². The van der Waals surface area contributed by atoms with Crippen LogP contribution >= 0.6 is 38.5 Å². The Balaban J connectivity index is 3.29. The van der Waals surface area contributed by atoms with Gasteiger partial charge in [-0.05, 0) is 52.8 Å². The van der Waals surface area contributed by atoms with Gasteiger partial charge in [-0.3, -0.25) is 0 Å². The van der Waals surface area contributed by atoms with E-state index in [2.05, 4.69) is 57.6 Å². The summed E-state index contributed by atoms with van der Waals surface area (Å²) in [6.07, 6.45) is 0. The van der Waals surface area contributed by atoms with E-state index in [4.69, 9.17) is 5.73 Å². The summed E-state index contributed by atoms with van der Waals surface area (Å²) in [6, 6.07) is 4.12. The molecule has 0 spiro atoms. The molecule has 1 rings (SSSR count). The average Bonchev–Trinajstić information content (AvgIpc) is 1.99. The van der Waals surface area contributed by atoms with E-state index in [9.17, 15) is 0 Å². The number of halogens is 2. The average molecular weight is 326 g/mol. The fourth-order valence-corrected chi connectivity index (χ4v) is 2.12. The lowest BCUT2D eigenvalue weighted by atomic mass is 10.1. The molecule has 0 aromatic heterocycles. The number of hydrogen-bond donors (Lipinski definition) is 1. The molecule has 0 heterocycles. The first-order chi connectivity index (χ1) is 5.16. The van der Waals surface area contributed by atoms with Crippen LogP contribution in [0.2, 0.25) is 0 Å². The van der Waals surface area contributed by atoms with Crippen LogP contribution in [0, 0.1) is 10.5 Å². The zero-order valence-electron chi connectivity index (χ0n) is 6.20. The molecule has 11 heavy (non-hydrogen) atoms. The van der Waals surface area contributed by atoms with Crippen molar-refractivity contribution in [2.75, 3.05) is 0 Å². The van der Waals surface area contributed by atoms with Crippen LogP contribution in [0.5, 0.6) is 0 Å². The molecular weight excluding hydrogens is 317 g/mol. The predicted octanol–water partition coefficient (Wildman–Crippen LogP) is 2.82. The van der Waals surface area contributed by atoms with Crippen LogP contribution in [0.1, 0.15) is 11.1 Å². The van der Waals surface area contributed by atoms with Gasteiger partial charge in [-0.1, -0.05) is 15.9 Å². The van der Waals surface area contributed by atoms with E-state index in [1.807, 2.05) is 0 Å². The first kappa shape index (κ1) is 9.48. The molecule has 0 unspecified atom stereocenters. The first-order valence-corrected chi connectivity index (χ1v) is 5.17. The van der Waals surface area contributed by atoms with Gasteiger partial charge in [0.05, 0.1) is 0 Å². The fraction of sp³-hybridized carbons (Fsp3) is 0.250. The van der Waals surface area contributed by atoms with Crippen molar-refractivity contribution >= 4 is 38.5 Å². The van der Waals surface area contributed by atoms with E-state index in [1.54, 1.807) is 0 Å². The number of nitrogens with two attached hydrogens (primary N) is 1. The number of benzene rings is 1. The number of rotatable bonds is 1. The summed E-state index contributed by atoms with van der Waals surface area (Å²) in [7, 11) is 0. The third-order valence-electron chi connectivity index (χ3n) is 1.68. The van der Waals surface area contributed by atoms with Crippen molar-refractivity contribution in [2.24, 2.45) is 5.73 Å². The molecule has 0 aliphatic rings. The molecule has 3 heteroatoms. The lowest BCUT2D eigenvalue weighted by molar-refractivity contribution is 1.03. The van der Waals surface area contributed by atoms with Crippen LogP contribution < -0.4 is 5.73 Å². The minimum atomic E-state index is 0.615. The Kier molecular flexibility index (Phi) is 3.33. The second-order valence-electron chi connectivity index (χ2n) is 2.34. The lowest BCUT2D eigenvalue weighted by Gasteiger charge is -2.06. The summed E-state index contributed by atoms with van der Waals surface area (Å²) in [5.41, 5.74) is 8.08. The summed E-state index contributed by atoms with van der Waals surface area (Å²) >= 11 is 5.76. The summed E-state index contributed by atoms with van der Waals surface area (Å²) in [4.78, 5) is 0. The predicted molar refractivity (Wildman–Crippen MR) is 59.5 cm³/mol. The topological polar surface area (TPSA) is 26.0 Å². The summed E-state index contributed by atoms with van der Waals surface area (Å²) in [5.74, 6) is 0. The van der Waals surface area contributed by atoms with E-state index in [0.29, 0.717) is 6.54 Å². The third kappa shape index (κ3) is 1.95. The van der Waals surface area contributed by atoms with E-state index in [0.717, 1.165) is 4.47 Å². The summed E-state index contributed by atoms with van der Waals surface area (Å²) in [6.45, 7) is 2.69. The van der Waals surface area contributed by atoms with E-state index in [1.165, 1.54) is 14.7 Å². The van der Waals surface area contributed by atoms with Crippen LogP contribution in [0.25, 0.3) is 0 Å². The van der Waals surface area contributed by atoms with Gasteiger partial charge in [0.15, 0.2) is 0 Å². The maximum Gasteiger partial charge on any atom is 0.0208 e. The van der Waals surface area contributed by atoms with Crippen molar-refractivity contribution in [3.63, 3.8) is 0 Å². The van der Waals surface area contributed by atoms with E-state index >= 15 is 0 Å². The molecule has 0 saturated carbocycles. The third-order valence-corrected chi connectivity index (χ3v) is 3.55. The van der Waals surface area contributed by atoms with Gasteiger partial charge >= 0.3 is 0 Å². The van der Waals surface area contributed by atoms with Gasteiger partial charge < -0.3 is 5.73 Å². The highest BCUT2D eigenvalue weighted by molar-refractivity contribution is 14.1. The zero-order valence-corrected chi connectivity index (χ0v) is 9.94. The largest absolute Gasteiger partial charge is 0.326 e. The molecule has 2 N–H and O–H groups in total. The van der Waals surface area contributed by atoms with Gasteiger partial charge in [-0.15, -0.1) is 0 Å². The normalized spacial score (nSPS) is 10.2. The molecule has 0 fully saturated rings. The van der Waals surface area contributed by atoms with Crippen molar-refractivity contribution in [1.29, 1.82) is 0 Å². The molecule has 0 amide bonds. The van der Waals surface area contributed by atoms with Crippen molar-refractivity contribution in [3.8, 4) is 0 Å². The molecule has 0 atom stereocenters. The maximum absolute atomic E-state index is 5.59. The Morgan fingerprint density at radius 3 is 2.64 bits per heavy atom. The molecule has 1 aromatic rings. The smallest absolute Gasteiger partial charge is 0.0208 e. The van der Waals surface area contributed by atoms with Gasteiger partial charge in [0.25, 0.3) is 0 Å². The van der Waals surface area contributed by atoms with Crippen molar-refractivity contribution in [1.82, 2.24) is 0 Å². The monoisotopic (exact) mass is 325 g/mol. The van der Waals surface area contributed by atoms with Gasteiger partial charge in [-0.2, -0.15) is 0 Å². The molecule has 1 nitrogen and oxygen atoms in total. The van der Waals surface area contributed by atoms with Gasteiger partial charge in [0.1, 0.15) is 0 Å². The Labute approximate surface area is 88.6 Å². The molecule has 1 aromatic carbocycles. The minimum absolute atomic E-state index is 0.615. The molecule has 60 valence electrons. The molecular formula is C8H9BrIN. The fourth-order valence-electron chi connectivity index (χ4n) is 0.946. The van der Waals surface area contributed by atoms with Gasteiger partial charge in [0.2, 0.25) is 0 Å². The quantitative estimate of drug-likeness (QED) is 0.789. The summed E-state index contributed by atoms with van der Waals surface area (Å²) in [5, 5.41) is 0. The number of hydrogen-bond acceptors (Lipinski definition) is 1. The van der Waals surface area contributed by atoms with E-state index < -0.39 is 0 Å². The SMILES string of the molecule is Cc1c(Br)ccc(I)c1CN. The Morgan fingerprint density at radius 2 is 2.18 bits per heavy atom. The van der Waals surface area contributed by atoms with E-state index in [-0.39, 0.29) is 0 Å². The Morgan fingerprint density at radius 1 is 1.55 bits per heavy atom. The highest BCUT2D eigenvalue weighted by atomic mass is 127. The standard InChI is InChI=1S/C8H9BrIN/c1-5-6(4-11)8(10)3-2-7(5)9/h2-3H,4,11H2,1H3. The second kappa shape index (κ2) is 3.87. The van der Waals surface area contributed by atoms with Gasteiger partial charge in [-0.25, -0.2) is 0 Å². The highest BCUT2D eigenvalue weighted by Crippen LogP contribution is 2.23. The van der Waals surface area contributed by atoms with Crippen LogP contribution in [0.3, 0.4) is 0 Å². The highest BCUT2D eigenvalue weighted by Gasteiger charge is 2.03. The zero-order chi connectivity index (χ0) is 8.43. The molecule has 0 aliphatic heterocycles. The Hall–Kier alpha value is 0.390. The van der Waals surface area contributed by atoms with Crippen LogP contribution in [0.15, 0.2) is 16.6 Å². The Bertz CT molecular complexity index is 273. The molecule has 0 bridgehead atoms. The van der Waals surface area contributed by atoms with Gasteiger partial charge in [0, 0.05) is 14.6 Å². The lowest BCUT2D eigenvalue weighted by Crippen LogP contribution is -2.02. The van der Waals surface area contributed by atoms with Crippen LogP contribution in [0.4, 0.5) is 0 Å². The second-order valence-corrected chi connectivity index (χ2v) is 4.35. The van der Waals surface area contributed by atoms with Crippen LogP contribution in [-0.2, 0) is 6.54 Å². The molecule has 0 aliphatic carbocycles. The molecule has 0 saturated heterocycles. The summed E-state index contributed by atoms with van der Waals surface area (Å²) < 4.78 is 2.38. The minimum Gasteiger partial charge on any atom is -0.326 e. The molecule has 0 radical (unpaired) electrons. The van der Waals surface area contributed by atoms with Crippen LogP contribution in [-0.4, -0.2) is 0 Å². The first-order valence-electron chi connectivity index (χ1n) is 3.30. The van der Waals surface area contributed by atoms with Crippen molar-refractivity contribution in [2.45, 2.75) is 13.5 Å². The van der Waals surface area contributed by atoms with Crippen molar-refractivity contribution in [3.05, 3.63) is 31.3 Å².